The molecule has 6 nitrogen and oxygen atoms in total. The number of nitrogens with zero attached hydrogens (tertiary/aromatic N) is 2. The molecule has 3 aromatic rings. The minimum Gasteiger partial charge on any atom is -0.338 e. The van der Waals surface area contributed by atoms with E-state index < -0.39 is 21.6 Å². The normalized spacial score (nSPS) is 20.9. The Kier molecular flexibility index (Phi) is 6.16. The maximum Gasteiger partial charge on any atom is 0.259 e. The molecule has 2 atom stereocenters. The standard InChI is InChI=1S/C28H27FN2O4S/c1-18-13-19(2)16-30(15-18)27(32)21-9-12-26-24(14-21)31(17-20-7-10-22(29)11-8-20)28(33)23-5-3-4-6-25(23)36(26,34)35/h3-12,14,18-19H,13,15-17H2,1-2H3/t18-,19+. The third-order valence-electron chi connectivity index (χ3n) is 6.85. The fraction of sp³-hybridized carbons (Fsp3) is 0.286. The van der Waals surface area contributed by atoms with Gasteiger partial charge in [-0.25, -0.2) is 12.8 Å². The van der Waals surface area contributed by atoms with Crippen molar-refractivity contribution in [2.75, 3.05) is 18.0 Å². The number of carbonyl (C=O) groups is 2. The maximum atomic E-state index is 13.7. The molecule has 5 rings (SSSR count). The Balaban J connectivity index is 1.64. The highest BCUT2D eigenvalue weighted by Gasteiger charge is 2.36. The molecule has 0 unspecified atom stereocenters. The zero-order chi connectivity index (χ0) is 25.6. The average Bonchev–Trinajstić information content (AvgIpc) is 2.92. The van der Waals surface area contributed by atoms with E-state index in [1.165, 1.54) is 47.4 Å². The van der Waals surface area contributed by atoms with Gasteiger partial charge in [0.1, 0.15) is 5.82 Å². The molecule has 2 aliphatic heterocycles. The zero-order valence-electron chi connectivity index (χ0n) is 20.1. The highest BCUT2D eigenvalue weighted by Crippen LogP contribution is 2.38. The molecule has 1 fully saturated rings. The quantitative estimate of drug-likeness (QED) is 0.505. The van der Waals surface area contributed by atoms with Crippen molar-refractivity contribution in [2.24, 2.45) is 11.8 Å². The predicted octanol–water partition coefficient (Wildman–Crippen LogP) is 4.94. The van der Waals surface area contributed by atoms with E-state index in [4.69, 9.17) is 0 Å². The van der Waals surface area contributed by atoms with Crippen molar-refractivity contribution in [3.8, 4) is 0 Å². The summed E-state index contributed by atoms with van der Waals surface area (Å²) >= 11 is 0. The summed E-state index contributed by atoms with van der Waals surface area (Å²) in [6.07, 6.45) is 1.05. The van der Waals surface area contributed by atoms with Gasteiger partial charge in [-0.1, -0.05) is 38.1 Å². The second-order valence-electron chi connectivity index (χ2n) is 9.86. The minimum absolute atomic E-state index is 0.0192. The van der Waals surface area contributed by atoms with Crippen molar-refractivity contribution < 1.29 is 22.4 Å². The van der Waals surface area contributed by atoms with Gasteiger partial charge in [0.05, 0.1) is 27.6 Å². The largest absolute Gasteiger partial charge is 0.338 e. The molecule has 186 valence electrons. The van der Waals surface area contributed by atoms with Gasteiger partial charge in [0.25, 0.3) is 11.8 Å². The molecule has 0 aliphatic carbocycles. The van der Waals surface area contributed by atoms with Crippen LogP contribution >= 0.6 is 0 Å². The number of hydrogen-bond donors (Lipinski definition) is 0. The Labute approximate surface area is 210 Å². The molecule has 0 N–H and O–H groups in total. The second kappa shape index (κ2) is 9.17. The van der Waals surface area contributed by atoms with Crippen LogP contribution in [0.4, 0.5) is 10.1 Å². The summed E-state index contributed by atoms with van der Waals surface area (Å²) in [4.78, 5) is 30.2. The lowest BCUT2D eigenvalue weighted by Gasteiger charge is -2.35. The number of amides is 2. The van der Waals surface area contributed by atoms with Crippen molar-refractivity contribution >= 4 is 27.3 Å². The van der Waals surface area contributed by atoms with Gasteiger partial charge in [-0.15, -0.1) is 0 Å². The number of likely N-dealkylation sites (tertiary alicyclic amines) is 1. The van der Waals surface area contributed by atoms with E-state index in [2.05, 4.69) is 13.8 Å². The molecule has 3 aromatic carbocycles. The number of piperidine rings is 1. The SMILES string of the molecule is C[C@@H]1C[C@H](C)CN(C(=O)c2ccc3c(c2)N(Cc2ccc(F)cc2)C(=O)c2ccccc2S3(=O)=O)C1. The molecular formula is C28H27FN2O4S. The van der Waals surface area contributed by atoms with Gasteiger partial charge in [0, 0.05) is 18.7 Å². The molecule has 0 saturated carbocycles. The van der Waals surface area contributed by atoms with E-state index in [-0.39, 0.29) is 33.5 Å². The van der Waals surface area contributed by atoms with E-state index in [0.717, 1.165) is 6.42 Å². The van der Waals surface area contributed by atoms with E-state index >= 15 is 0 Å². The summed E-state index contributed by atoms with van der Waals surface area (Å²) < 4.78 is 40.8. The summed E-state index contributed by atoms with van der Waals surface area (Å²) in [6.45, 7) is 5.50. The van der Waals surface area contributed by atoms with Crippen molar-refractivity contribution in [2.45, 2.75) is 36.6 Å². The fourth-order valence-electron chi connectivity index (χ4n) is 5.28. The first kappa shape index (κ1) is 24.2. The monoisotopic (exact) mass is 506 g/mol. The van der Waals surface area contributed by atoms with Gasteiger partial charge in [-0.05, 0) is 66.3 Å². The van der Waals surface area contributed by atoms with Crippen LogP contribution in [-0.4, -0.2) is 38.2 Å². The smallest absolute Gasteiger partial charge is 0.259 e. The van der Waals surface area contributed by atoms with E-state index in [9.17, 15) is 22.4 Å². The van der Waals surface area contributed by atoms with Crippen LogP contribution in [0.3, 0.4) is 0 Å². The molecule has 0 spiro atoms. The minimum atomic E-state index is -4.03. The number of hydrogen-bond acceptors (Lipinski definition) is 4. The van der Waals surface area contributed by atoms with Crippen LogP contribution in [-0.2, 0) is 16.4 Å². The maximum absolute atomic E-state index is 13.7. The molecule has 2 heterocycles. The van der Waals surface area contributed by atoms with Crippen molar-refractivity contribution in [3.05, 3.63) is 89.2 Å². The molecule has 36 heavy (non-hydrogen) atoms. The predicted molar refractivity (Wildman–Crippen MR) is 134 cm³/mol. The van der Waals surface area contributed by atoms with Crippen LogP contribution in [0, 0.1) is 17.7 Å². The number of halogens is 1. The number of sulfone groups is 1. The summed E-state index contributed by atoms with van der Waals surface area (Å²) in [7, 11) is -4.03. The molecule has 0 aromatic heterocycles. The molecule has 2 amide bonds. The summed E-state index contributed by atoms with van der Waals surface area (Å²) in [5.41, 5.74) is 1.16. The lowest BCUT2D eigenvalue weighted by atomic mass is 9.91. The highest BCUT2D eigenvalue weighted by atomic mass is 32.2. The van der Waals surface area contributed by atoms with Gasteiger partial charge in [-0.2, -0.15) is 0 Å². The van der Waals surface area contributed by atoms with Gasteiger partial charge in [0.2, 0.25) is 9.84 Å². The number of anilines is 1. The average molecular weight is 507 g/mol. The first-order valence-corrected chi connectivity index (χ1v) is 13.5. The van der Waals surface area contributed by atoms with Crippen LogP contribution in [0.25, 0.3) is 0 Å². The van der Waals surface area contributed by atoms with Gasteiger partial charge in [-0.3, -0.25) is 9.59 Å². The van der Waals surface area contributed by atoms with E-state index in [1.54, 1.807) is 29.2 Å². The van der Waals surface area contributed by atoms with Crippen LogP contribution in [0.2, 0.25) is 0 Å². The van der Waals surface area contributed by atoms with Gasteiger partial charge >= 0.3 is 0 Å². The lowest BCUT2D eigenvalue weighted by Crippen LogP contribution is -2.42. The number of rotatable bonds is 3. The topological polar surface area (TPSA) is 74.8 Å². The Hall–Kier alpha value is -3.52. The first-order valence-electron chi connectivity index (χ1n) is 12.0. The molecule has 8 heteroatoms. The lowest BCUT2D eigenvalue weighted by molar-refractivity contribution is 0.0623. The van der Waals surface area contributed by atoms with Gasteiger partial charge in [0.15, 0.2) is 0 Å². The van der Waals surface area contributed by atoms with Crippen molar-refractivity contribution in [3.63, 3.8) is 0 Å². The molecule has 1 saturated heterocycles. The van der Waals surface area contributed by atoms with Crippen molar-refractivity contribution in [1.29, 1.82) is 0 Å². The van der Waals surface area contributed by atoms with Crippen LogP contribution < -0.4 is 4.90 Å². The van der Waals surface area contributed by atoms with Crippen LogP contribution in [0.5, 0.6) is 0 Å². The molecular weight excluding hydrogens is 479 g/mol. The van der Waals surface area contributed by atoms with Crippen LogP contribution in [0.1, 0.15) is 46.5 Å². The van der Waals surface area contributed by atoms with E-state index in [1.807, 2.05) is 0 Å². The van der Waals surface area contributed by atoms with Crippen LogP contribution in [0.15, 0.2) is 76.5 Å². The fourth-order valence-corrected chi connectivity index (χ4v) is 6.91. The summed E-state index contributed by atoms with van der Waals surface area (Å²) in [5.74, 6) is -0.367. The number of fused-ring (bicyclic) bond motifs is 2. The Morgan fingerprint density at radius 3 is 2.31 bits per heavy atom. The summed E-state index contributed by atoms with van der Waals surface area (Å²) in [6, 6.07) is 16.2. The number of benzene rings is 3. The Morgan fingerprint density at radius 1 is 0.944 bits per heavy atom. The highest BCUT2D eigenvalue weighted by molar-refractivity contribution is 7.91. The number of carbonyl (C=O) groups excluding carboxylic acids is 2. The molecule has 2 aliphatic rings. The Bertz CT molecular complexity index is 1440. The Morgan fingerprint density at radius 2 is 1.61 bits per heavy atom. The summed E-state index contributed by atoms with van der Waals surface area (Å²) in [5, 5.41) is 0. The zero-order valence-corrected chi connectivity index (χ0v) is 21.0. The molecule has 0 bridgehead atoms. The molecule has 0 radical (unpaired) electrons. The van der Waals surface area contributed by atoms with Gasteiger partial charge < -0.3 is 9.80 Å². The van der Waals surface area contributed by atoms with E-state index in [0.29, 0.717) is 36.1 Å². The first-order chi connectivity index (χ1) is 17.1. The van der Waals surface area contributed by atoms with Crippen molar-refractivity contribution in [1.82, 2.24) is 4.90 Å². The second-order valence-corrected chi connectivity index (χ2v) is 11.7. The third-order valence-corrected chi connectivity index (χ3v) is 8.71. The third kappa shape index (κ3) is 4.30.